The lowest BCUT2D eigenvalue weighted by atomic mass is 10.3. The predicted molar refractivity (Wildman–Crippen MR) is 75.7 cm³/mol. The lowest BCUT2D eigenvalue weighted by Crippen LogP contribution is -2.06. The summed E-state index contributed by atoms with van der Waals surface area (Å²) in [5.41, 5.74) is 0.662. The Kier molecular flexibility index (Phi) is 4.31. The van der Waals surface area contributed by atoms with E-state index in [1.54, 1.807) is 18.2 Å². The first-order valence-electron chi connectivity index (χ1n) is 5.72. The van der Waals surface area contributed by atoms with Crippen molar-refractivity contribution in [3.63, 3.8) is 0 Å². The number of rotatable bonds is 4. The average molecular weight is 328 g/mol. The zero-order chi connectivity index (χ0) is 13.8. The molecule has 1 heterocycles. The summed E-state index contributed by atoms with van der Waals surface area (Å²) in [5.74, 6) is -1.44. The first-order valence-corrected chi connectivity index (χ1v) is 6.52. The van der Waals surface area contributed by atoms with Gasteiger partial charge in [-0.3, -0.25) is 0 Å². The summed E-state index contributed by atoms with van der Waals surface area (Å²) >= 11 is 3.32. The third-order valence-electron chi connectivity index (χ3n) is 2.36. The average Bonchev–Trinajstić information content (AvgIpc) is 2.35. The highest BCUT2D eigenvalue weighted by atomic mass is 79.9. The van der Waals surface area contributed by atoms with Crippen molar-refractivity contribution < 1.29 is 8.78 Å². The summed E-state index contributed by atoms with van der Waals surface area (Å²) in [5, 5.41) is 5.55. The van der Waals surface area contributed by atoms with Crippen LogP contribution in [0.5, 0.6) is 0 Å². The van der Waals surface area contributed by atoms with Crippen molar-refractivity contribution in [1.82, 2.24) is 4.98 Å². The van der Waals surface area contributed by atoms with Crippen LogP contribution in [0.4, 0.5) is 26.1 Å². The van der Waals surface area contributed by atoms with Crippen molar-refractivity contribution in [2.45, 2.75) is 6.92 Å². The molecule has 2 rings (SSSR count). The van der Waals surface area contributed by atoms with E-state index in [4.69, 9.17) is 0 Å². The molecule has 6 heteroatoms. The quantitative estimate of drug-likeness (QED) is 0.879. The van der Waals surface area contributed by atoms with Crippen molar-refractivity contribution >= 4 is 33.3 Å². The van der Waals surface area contributed by atoms with Crippen LogP contribution in [0.15, 0.2) is 34.8 Å². The molecule has 0 saturated heterocycles. The van der Waals surface area contributed by atoms with Gasteiger partial charge in [-0.15, -0.1) is 0 Å². The number of aromatic nitrogens is 1. The molecule has 0 unspecified atom stereocenters. The molecule has 0 atom stereocenters. The van der Waals surface area contributed by atoms with E-state index < -0.39 is 11.6 Å². The molecule has 0 aliphatic carbocycles. The molecule has 1 aromatic heterocycles. The van der Waals surface area contributed by atoms with Crippen LogP contribution in [0.3, 0.4) is 0 Å². The molecule has 0 aliphatic heterocycles. The van der Waals surface area contributed by atoms with E-state index in [0.717, 1.165) is 10.5 Å². The highest BCUT2D eigenvalue weighted by Gasteiger charge is 2.11. The second-order valence-corrected chi connectivity index (χ2v) is 4.73. The molecule has 0 bridgehead atoms. The van der Waals surface area contributed by atoms with Gasteiger partial charge in [-0.05, 0) is 25.1 Å². The zero-order valence-electron chi connectivity index (χ0n) is 10.2. The molecule has 3 nitrogen and oxygen atoms in total. The second kappa shape index (κ2) is 5.97. The number of hydrogen-bond acceptors (Lipinski definition) is 3. The number of anilines is 3. The molecular formula is C13H12BrF2N3. The smallest absolute Gasteiger partial charge is 0.169 e. The molecule has 0 aliphatic rings. The fourth-order valence-electron chi connectivity index (χ4n) is 1.55. The van der Waals surface area contributed by atoms with E-state index in [2.05, 4.69) is 31.5 Å². The van der Waals surface area contributed by atoms with Crippen molar-refractivity contribution in [2.75, 3.05) is 17.2 Å². The topological polar surface area (TPSA) is 37.0 Å². The monoisotopic (exact) mass is 327 g/mol. The standard InChI is InChI=1S/C13H12BrF2N3/c1-2-17-12-10(15)7-11(16)13(19-12)18-9-5-3-4-8(14)6-9/h3-7H,2H2,1H3,(H2,17,18,19). The third-order valence-corrected chi connectivity index (χ3v) is 2.85. The first kappa shape index (κ1) is 13.7. The van der Waals surface area contributed by atoms with Gasteiger partial charge in [0.1, 0.15) is 0 Å². The van der Waals surface area contributed by atoms with Crippen LogP contribution in [0.2, 0.25) is 0 Å². The number of pyridine rings is 1. The Labute approximate surface area is 118 Å². The molecule has 1 aromatic carbocycles. The normalized spacial score (nSPS) is 10.3. The number of halogens is 3. The largest absolute Gasteiger partial charge is 0.368 e. The molecule has 0 spiro atoms. The molecule has 2 aromatic rings. The molecule has 0 radical (unpaired) electrons. The van der Waals surface area contributed by atoms with Gasteiger partial charge in [-0.2, -0.15) is 0 Å². The minimum absolute atomic E-state index is 0.0181. The molecule has 0 saturated carbocycles. The van der Waals surface area contributed by atoms with Gasteiger partial charge in [-0.1, -0.05) is 22.0 Å². The van der Waals surface area contributed by atoms with Gasteiger partial charge in [0.15, 0.2) is 23.3 Å². The summed E-state index contributed by atoms with van der Waals surface area (Å²) < 4.78 is 27.9. The van der Waals surface area contributed by atoms with Gasteiger partial charge in [0.25, 0.3) is 0 Å². The van der Waals surface area contributed by atoms with Crippen LogP contribution in [0.25, 0.3) is 0 Å². The fraction of sp³-hybridized carbons (Fsp3) is 0.154. The van der Waals surface area contributed by atoms with Gasteiger partial charge in [-0.25, -0.2) is 13.8 Å². The van der Waals surface area contributed by atoms with Gasteiger partial charge < -0.3 is 10.6 Å². The summed E-state index contributed by atoms with van der Waals surface area (Å²) in [6.45, 7) is 2.32. The van der Waals surface area contributed by atoms with Gasteiger partial charge in [0.05, 0.1) is 0 Å². The van der Waals surface area contributed by atoms with Crippen LogP contribution in [-0.2, 0) is 0 Å². The number of hydrogen-bond donors (Lipinski definition) is 2. The van der Waals surface area contributed by atoms with E-state index >= 15 is 0 Å². The summed E-state index contributed by atoms with van der Waals surface area (Å²) in [6.07, 6.45) is 0. The summed E-state index contributed by atoms with van der Waals surface area (Å²) in [7, 11) is 0. The van der Waals surface area contributed by atoms with E-state index in [1.807, 2.05) is 13.0 Å². The second-order valence-electron chi connectivity index (χ2n) is 3.81. The minimum atomic E-state index is -0.737. The molecular weight excluding hydrogens is 316 g/mol. The van der Waals surface area contributed by atoms with Crippen LogP contribution >= 0.6 is 15.9 Å². The Morgan fingerprint density at radius 3 is 2.58 bits per heavy atom. The Bertz CT molecular complexity index is 590. The Balaban J connectivity index is 2.31. The molecule has 100 valence electrons. The van der Waals surface area contributed by atoms with Crippen molar-refractivity contribution in [3.8, 4) is 0 Å². The van der Waals surface area contributed by atoms with E-state index in [1.165, 1.54) is 0 Å². The SMILES string of the molecule is CCNc1nc(Nc2cccc(Br)c2)c(F)cc1F. The lowest BCUT2D eigenvalue weighted by molar-refractivity contribution is 0.579. The summed E-state index contributed by atoms with van der Waals surface area (Å²) in [6, 6.07) is 8.01. The maximum Gasteiger partial charge on any atom is 0.169 e. The number of benzene rings is 1. The number of nitrogens with one attached hydrogen (secondary N) is 2. The maximum atomic E-state index is 13.7. The van der Waals surface area contributed by atoms with E-state index in [9.17, 15) is 8.78 Å². The minimum Gasteiger partial charge on any atom is -0.368 e. The van der Waals surface area contributed by atoms with Gasteiger partial charge in [0, 0.05) is 22.8 Å². The van der Waals surface area contributed by atoms with Crippen LogP contribution in [-0.4, -0.2) is 11.5 Å². The number of nitrogens with zero attached hydrogens (tertiary/aromatic N) is 1. The molecule has 0 fully saturated rings. The summed E-state index contributed by atoms with van der Waals surface area (Å²) in [4.78, 5) is 3.90. The van der Waals surface area contributed by atoms with Crippen LogP contribution in [0, 0.1) is 11.6 Å². The third kappa shape index (κ3) is 3.41. The van der Waals surface area contributed by atoms with Crippen LogP contribution in [0.1, 0.15) is 6.92 Å². The zero-order valence-corrected chi connectivity index (χ0v) is 11.8. The van der Waals surface area contributed by atoms with Gasteiger partial charge >= 0.3 is 0 Å². The van der Waals surface area contributed by atoms with Crippen LogP contribution < -0.4 is 10.6 Å². The lowest BCUT2D eigenvalue weighted by Gasteiger charge is -2.10. The van der Waals surface area contributed by atoms with E-state index in [-0.39, 0.29) is 11.6 Å². The molecule has 2 N–H and O–H groups in total. The molecule has 0 amide bonds. The van der Waals surface area contributed by atoms with Gasteiger partial charge in [0.2, 0.25) is 0 Å². The van der Waals surface area contributed by atoms with Crippen molar-refractivity contribution in [3.05, 3.63) is 46.4 Å². The Hall–Kier alpha value is -1.69. The van der Waals surface area contributed by atoms with Crippen molar-refractivity contribution in [1.29, 1.82) is 0 Å². The highest BCUT2D eigenvalue weighted by molar-refractivity contribution is 9.10. The predicted octanol–water partition coefficient (Wildman–Crippen LogP) is 4.30. The fourth-order valence-corrected chi connectivity index (χ4v) is 1.95. The maximum absolute atomic E-state index is 13.7. The Morgan fingerprint density at radius 1 is 1.16 bits per heavy atom. The first-order chi connectivity index (χ1) is 9.10. The van der Waals surface area contributed by atoms with E-state index in [0.29, 0.717) is 12.2 Å². The highest BCUT2D eigenvalue weighted by Crippen LogP contribution is 2.24. The molecule has 19 heavy (non-hydrogen) atoms. The Morgan fingerprint density at radius 2 is 1.89 bits per heavy atom. The van der Waals surface area contributed by atoms with Crippen molar-refractivity contribution in [2.24, 2.45) is 0 Å².